The van der Waals surface area contributed by atoms with E-state index in [0.717, 1.165) is 6.07 Å². The third kappa shape index (κ3) is 6.57. The molecule has 0 atom stereocenters. The minimum atomic E-state index is -5.28. The van der Waals surface area contributed by atoms with Crippen molar-refractivity contribution < 1.29 is 40.6 Å². The van der Waals surface area contributed by atoms with Crippen molar-refractivity contribution in [2.45, 2.75) is 30.1 Å². The molecule has 1 aromatic rings. The van der Waals surface area contributed by atoms with Crippen molar-refractivity contribution in [2.24, 2.45) is 0 Å². The third-order valence-corrected chi connectivity index (χ3v) is 3.10. The number of hydrogen-bond acceptors (Lipinski definition) is 5. The number of halogens is 6. The van der Waals surface area contributed by atoms with E-state index in [-0.39, 0.29) is 12.2 Å². The summed E-state index contributed by atoms with van der Waals surface area (Å²) in [6.45, 7) is 1.37. The fraction of sp³-hybridized carbons (Fsp3) is 0.385. The first kappa shape index (κ1) is 20.0. The fourth-order valence-electron chi connectivity index (χ4n) is 1.66. The van der Waals surface area contributed by atoms with Crippen LogP contribution in [0.3, 0.4) is 0 Å². The molecule has 1 aromatic carbocycles. The van der Waals surface area contributed by atoms with Crippen LogP contribution < -0.4 is 4.74 Å². The van der Waals surface area contributed by atoms with Gasteiger partial charge in [0.25, 0.3) is 0 Å². The number of carbonyl (C=O) groups excluding carboxylic acids is 1. The Bertz CT molecular complexity index is 651. The average Bonchev–Trinajstić information content (AvgIpc) is 2.39. The molecule has 0 unspecified atom stereocenters. The summed E-state index contributed by atoms with van der Waals surface area (Å²) in [6, 6.07) is 2.97. The molecule has 0 spiro atoms. The SMILES string of the molecule is CCOC(=O)Cc1cc(C#N)cc(SC(F)(F)F)c1OC(F)(F)F. The van der Waals surface area contributed by atoms with E-state index in [1.54, 1.807) is 0 Å². The number of nitrogens with zero attached hydrogens (tertiary/aromatic N) is 1. The highest BCUT2D eigenvalue weighted by Gasteiger charge is 2.37. The summed E-state index contributed by atoms with van der Waals surface area (Å²) in [5.41, 5.74) is -5.80. The second-order valence-electron chi connectivity index (χ2n) is 4.15. The van der Waals surface area contributed by atoms with Crippen molar-refractivity contribution >= 4 is 17.7 Å². The maximum absolute atomic E-state index is 12.6. The summed E-state index contributed by atoms with van der Waals surface area (Å²) < 4.78 is 83.4. The highest BCUT2D eigenvalue weighted by atomic mass is 32.2. The molecule has 4 nitrogen and oxygen atoms in total. The van der Waals surface area contributed by atoms with Crippen LogP contribution in [-0.2, 0) is 16.0 Å². The predicted molar refractivity (Wildman–Crippen MR) is 70.1 cm³/mol. The van der Waals surface area contributed by atoms with Gasteiger partial charge in [-0.25, -0.2) is 0 Å². The Morgan fingerprint density at radius 3 is 2.33 bits per heavy atom. The number of ether oxygens (including phenoxy) is 2. The zero-order valence-electron chi connectivity index (χ0n) is 11.9. The van der Waals surface area contributed by atoms with E-state index in [1.165, 1.54) is 13.0 Å². The molecule has 0 aliphatic heterocycles. The topological polar surface area (TPSA) is 59.3 Å². The molecule has 0 heterocycles. The lowest BCUT2D eigenvalue weighted by atomic mass is 10.1. The van der Waals surface area contributed by atoms with Gasteiger partial charge in [-0.2, -0.15) is 18.4 Å². The highest BCUT2D eigenvalue weighted by Crippen LogP contribution is 2.45. The molecule has 0 fully saturated rings. The number of hydrogen-bond donors (Lipinski definition) is 0. The second kappa shape index (κ2) is 7.65. The second-order valence-corrected chi connectivity index (χ2v) is 5.26. The quantitative estimate of drug-likeness (QED) is 0.440. The van der Waals surface area contributed by atoms with Gasteiger partial charge in [-0.05, 0) is 30.8 Å². The van der Waals surface area contributed by atoms with Gasteiger partial charge in [0.05, 0.1) is 29.6 Å². The number of carbonyl (C=O) groups is 1. The molecular weight excluding hydrogens is 364 g/mol. The smallest absolute Gasteiger partial charge is 0.466 e. The van der Waals surface area contributed by atoms with Crippen LogP contribution in [0.2, 0.25) is 0 Å². The van der Waals surface area contributed by atoms with Crippen LogP contribution in [0, 0.1) is 11.3 Å². The van der Waals surface area contributed by atoms with Gasteiger partial charge in [0.1, 0.15) is 5.75 Å². The molecule has 11 heteroatoms. The van der Waals surface area contributed by atoms with E-state index in [4.69, 9.17) is 5.26 Å². The van der Waals surface area contributed by atoms with Crippen molar-refractivity contribution in [3.63, 3.8) is 0 Å². The minimum Gasteiger partial charge on any atom is -0.466 e. The molecule has 0 aliphatic carbocycles. The standard InChI is InChI=1S/C13H9F6NO3S/c1-2-22-10(21)5-8-3-7(6-20)4-9(24-13(17,18)19)11(8)23-12(14,15)16/h3-4H,2,5H2,1H3. The molecule has 0 saturated carbocycles. The zero-order chi connectivity index (χ0) is 18.5. The summed E-state index contributed by atoms with van der Waals surface area (Å²) in [6.07, 6.45) is -6.06. The summed E-state index contributed by atoms with van der Waals surface area (Å²) in [7, 11) is 0. The van der Waals surface area contributed by atoms with Crippen molar-refractivity contribution in [1.29, 1.82) is 5.26 Å². The Kier molecular flexibility index (Phi) is 6.36. The number of rotatable bonds is 5. The normalized spacial score (nSPS) is 11.8. The molecule has 1 rings (SSSR count). The summed E-state index contributed by atoms with van der Waals surface area (Å²) in [5.74, 6) is -2.15. The summed E-state index contributed by atoms with van der Waals surface area (Å²) in [4.78, 5) is 10.5. The number of thioether (sulfide) groups is 1. The summed E-state index contributed by atoms with van der Waals surface area (Å²) in [5, 5.41) is 8.83. The molecule has 0 radical (unpaired) electrons. The van der Waals surface area contributed by atoms with Crippen LogP contribution >= 0.6 is 11.8 Å². The van der Waals surface area contributed by atoms with Gasteiger partial charge in [-0.1, -0.05) is 0 Å². The van der Waals surface area contributed by atoms with Gasteiger partial charge < -0.3 is 9.47 Å². The van der Waals surface area contributed by atoms with Gasteiger partial charge in [0.15, 0.2) is 0 Å². The average molecular weight is 373 g/mol. The van der Waals surface area contributed by atoms with Crippen molar-refractivity contribution in [2.75, 3.05) is 6.61 Å². The van der Waals surface area contributed by atoms with Gasteiger partial charge in [0.2, 0.25) is 0 Å². The van der Waals surface area contributed by atoms with E-state index in [1.807, 2.05) is 0 Å². The Labute approximate surface area is 136 Å². The Morgan fingerprint density at radius 1 is 1.25 bits per heavy atom. The Balaban J connectivity index is 3.43. The van der Waals surface area contributed by atoms with E-state index < -0.39 is 52.2 Å². The first-order valence-corrected chi connectivity index (χ1v) is 7.01. The Hall–Kier alpha value is -2.09. The van der Waals surface area contributed by atoms with Crippen molar-refractivity contribution in [1.82, 2.24) is 0 Å². The largest absolute Gasteiger partial charge is 0.573 e. The van der Waals surface area contributed by atoms with Crippen LogP contribution in [0.1, 0.15) is 18.1 Å². The van der Waals surface area contributed by atoms with Crippen LogP contribution in [0.5, 0.6) is 5.75 Å². The molecule has 0 N–H and O–H groups in total. The van der Waals surface area contributed by atoms with Crippen LogP contribution in [0.4, 0.5) is 26.3 Å². The van der Waals surface area contributed by atoms with E-state index in [2.05, 4.69) is 9.47 Å². The van der Waals surface area contributed by atoms with Gasteiger partial charge in [0, 0.05) is 5.56 Å². The molecular formula is C13H9F6NO3S. The van der Waals surface area contributed by atoms with Crippen LogP contribution in [0.25, 0.3) is 0 Å². The lowest BCUT2D eigenvalue weighted by molar-refractivity contribution is -0.275. The number of nitriles is 1. The van der Waals surface area contributed by atoms with Crippen molar-refractivity contribution in [3.05, 3.63) is 23.3 Å². The van der Waals surface area contributed by atoms with Crippen LogP contribution in [-0.4, -0.2) is 24.4 Å². The van der Waals surface area contributed by atoms with E-state index in [9.17, 15) is 31.1 Å². The third-order valence-electron chi connectivity index (χ3n) is 2.34. The highest BCUT2D eigenvalue weighted by molar-refractivity contribution is 8.00. The lowest BCUT2D eigenvalue weighted by Gasteiger charge is -2.18. The minimum absolute atomic E-state index is 0.0730. The predicted octanol–water partition coefficient (Wildman–Crippen LogP) is 4.17. The fourth-order valence-corrected chi connectivity index (χ4v) is 2.36. The monoisotopic (exact) mass is 373 g/mol. The van der Waals surface area contributed by atoms with Crippen LogP contribution in [0.15, 0.2) is 17.0 Å². The number of alkyl halides is 6. The maximum Gasteiger partial charge on any atom is 0.573 e. The molecule has 0 bridgehead atoms. The van der Waals surface area contributed by atoms with Gasteiger partial charge in [-0.3, -0.25) is 4.79 Å². The van der Waals surface area contributed by atoms with Gasteiger partial charge in [-0.15, -0.1) is 13.2 Å². The summed E-state index contributed by atoms with van der Waals surface area (Å²) >= 11 is -0.876. The molecule has 0 aliphatic rings. The van der Waals surface area contributed by atoms with Gasteiger partial charge >= 0.3 is 17.8 Å². The zero-order valence-corrected chi connectivity index (χ0v) is 12.7. The molecule has 0 aromatic heterocycles. The first-order chi connectivity index (χ1) is 10.9. The van der Waals surface area contributed by atoms with E-state index in [0.29, 0.717) is 6.07 Å². The molecule has 0 amide bonds. The number of esters is 1. The molecule has 132 valence electrons. The lowest BCUT2D eigenvalue weighted by Crippen LogP contribution is -2.20. The Morgan fingerprint density at radius 2 is 1.88 bits per heavy atom. The maximum atomic E-state index is 12.6. The van der Waals surface area contributed by atoms with E-state index >= 15 is 0 Å². The van der Waals surface area contributed by atoms with Crippen molar-refractivity contribution in [3.8, 4) is 11.8 Å². The molecule has 0 saturated heterocycles. The molecule has 24 heavy (non-hydrogen) atoms. The first-order valence-electron chi connectivity index (χ1n) is 6.19. The number of benzene rings is 1.